The molecule has 1 atom stereocenters. The number of aromatic nitrogens is 3. The Morgan fingerprint density at radius 3 is 2.44 bits per heavy atom. The van der Waals surface area contributed by atoms with Crippen LogP contribution in [0.15, 0.2) is 60.7 Å². The molecule has 0 bridgehead atoms. The van der Waals surface area contributed by atoms with Gasteiger partial charge in [0.2, 0.25) is 0 Å². The third-order valence-electron chi connectivity index (χ3n) is 6.27. The molecule has 0 aliphatic carbocycles. The molecule has 1 amide bonds. The molecule has 184 valence electrons. The first-order valence-corrected chi connectivity index (χ1v) is 13.2. The van der Waals surface area contributed by atoms with Gasteiger partial charge in [-0.2, -0.15) is 5.10 Å². The molecule has 3 heterocycles. The highest BCUT2D eigenvalue weighted by Crippen LogP contribution is 2.32. The fourth-order valence-corrected chi connectivity index (χ4v) is 6.17. The Kier molecular flexibility index (Phi) is 6.05. The molecule has 0 saturated carbocycles. The number of hydrogen-bond acceptors (Lipinski definition) is 7. The summed E-state index contributed by atoms with van der Waals surface area (Å²) in [4.78, 5) is 30.0. The number of rotatable bonds is 5. The van der Waals surface area contributed by atoms with Gasteiger partial charge >= 0.3 is 5.97 Å². The summed E-state index contributed by atoms with van der Waals surface area (Å²) in [6.07, 6.45) is 0.448. The number of nitrogens with zero attached hydrogens (tertiary/aromatic N) is 3. The summed E-state index contributed by atoms with van der Waals surface area (Å²) in [6, 6.07) is 17.2. The fourth-order valence-electron chi connectivity index (χ4n) is 4.48. The van der Waals surface area contributed by atoms with E-state index < -0.39 is 15.8 Å². The summed E-state index contributed by atoms with van der Waals surface area (Å²) < 4.78 is 30.7. The summed E-state index contributed by atoms with van der Waals surface area (Å²) in [5.74, 6) is -0.736. The van der Waals surface area contributed by atoms with E-state index in [-0.39, 0.29) is 23.5 Å². The highest BCUT2D eigenvalue weighted by molar-refractivity contribution is 7.91. The lowest BCUT2D eigenvalue weighted by Gasteiger charge is -2.12. The maximum atomic E-state index is 13.5. The Hall–Kier alpha value is -4.05. The van der Waals surface area contributed by atoms with Crippen LogP contribution in [0.5, 0.6) is 0 Å². The van der Waals surface area contributed by atoms with Gasteiger partial charge in [-0.05, 0) is 43.7 Å². The highest BCUT2D eigenvalue weighted by atomic mass is 32.2. The van der Waals surface area contributed by atoms with E-state index in [0.29, 0.717) is 45.7 Å². The molecule has 0 spiro atoms. The summed E-state index contributed by atoms with van der Waals surface area (Å²) in [6.45, 7) is 1.79. The average Bonchev–Trinajstić information content (AvgIpc) is 3.42. The maximum Gasteiger partial charge on any atom is 0.337 e. The van der Waals surface area contributed by atoms with Crippen LogP contribution in [0, 0.1) is 6.92 Å². The topological polar surface area (TPSA) is 120 Å². The molecular weight excluding hydrogens is 480 g/mol. The van der Waals surface area contributed by atoms with Crippen molar-refractivity contribution in [3.05, 3.63) is 77.5 Å². The number of carbonyl (C=O) groups is 2. The Labute approximate surface area is 208 Å². The van der Waals surface area contributed by atoms with Crippen LogP contribution in [0.4, 0.5) is 5.69 Å². The van der Waals surface area contributed by atoms with Crippen LogP contribution in [0.2, 0.25) is 0 Å². The normalized spacial score (nSPS) is 16.7. The number of pyridine rings is 1. The van der Waals surface area contributed by atoms with Crippen LogP contribution in [0.3, 0.4) is 0 Å². The van der Waals surface area contributed by atoms with Crippen LogP contribution in [0.1, 0.15) is 38.9 Å². The van der Waals surface area contributed by atoms with Crippen molar-refractivity contribution >= 4 is 38.4 Å². The van der Waals surface area contributed by atoms with E-state index in [1.54, 1.807) is 41.9 Å². The van der Waals surface area contributed by atoms with Gasteiger partial charge in [-0.15, -0.1) is 0 Å². The van der Waals surface area contributed by atoms with Crippen molar-refractivity contribution < 1.29 is 22.7 Å². The monoisotopic (exact) mass is 504 g/mol. The van der Waals surface area contributed by atoms with E-state index in [2.05, 4.69) is 10.4 Å². The first-order chi connectivity index (χ1) is 17.3. The molecule has 5 rings (SSSR count). The number of methoxy groups -OCH3 is 1. The number of nitrogens with one attached hydrogen (secondary N) is 1. The van der Waals surface area contributed by atoms with Gasteiger partial charge in [0.15, 0.2) is 15.5 Å². The van der Waals surface area contributed by atoms with E-state index in [4.69, 9.17) is 9.72 Å². The van der Waals surface area contributed by atoms with Gasteiger partial charge < -0.3 is 10.1 Å². The predicted molar refractivity (Wildman–Crippen MR) is 136 cm³/mol. The SMILES string of the molecule is COC(=O)c1ccc(NC(=O)c2cc(-c3ccccc3)nc3c2c(C)nn3C2CCS(=O)(=O)C2)cc1. The molecule has 0 radical (unpaired) electrons. The standard InChI is InChI=1S/C26H24N4O5S/c1-16-23-21(25(31)27-19-10-8-18(9-11-19)26(32)35-2)14-22(17-6-4-3-5-7-17)28-24(23)30(29-16)20-12-13-36(33,34)15-20/h3-11,14,20H,12-13,15H2,1-2H3,(H,27,31). The Bertz CT molecular complexity index is 1580. The van der Waals surface area contributed by atoms with Crippen molar-refractivity contribution in [2.45, 2.75) is 19.4 Å². The number of ether oxygens (including phenoxy) is 1. The number of sulfone groups is 1. The summed E-state index contributed by atoms with van der Waals surface area (Å²) >= 11 is 0. The second kappa shape index (κ2) is 9.19. The predicted octanol–water partition coefficient (Wildman–Crippen LogP) is 3.81. The van der Waals surface area contributed by atoms with Gasteiger partial charge in [-0.1, -0.05) is 30.3 Å². The minimum absolute atomic E-state index is 0.00542. The van der Waals surface area contributed by atoms with Gasteiger partial charge in [0, 0.05) is 11.3 Å². The molecule has 36 heavy (non-hydrogen) atoms. The number of aryl methyl sites for hydroxylation is 1. The van der Waals surface area contributed by atoms with Crippen molar-refractivity contribution in [2.24, 2.45) is 0 Å². The van der Waals surface area contributed by atoms with Crippen molar-refractivity contribution in [1.82, 2.24) is 14.8 Å². The van der Waals surface area contributed by atoms with Crippen LogP contribution in [0.25, 0.3) is 22.3 Å². The van der Waals surface area contributed by atoms with E-state index in [1.165, 1.54) is 7.11 Å². The first kappa shape index (κ1) is 23.7. The van der Waals surface area contributed by atoms with Crippen LogP contribution in [-0.2, 0) is 14.6 Å². The second-order valence-electron chi connectivity index (χ2n) is 8.73. The molecule has 10 heteroatoms. The molecule has 1 fully saturated rings. The zero-order chi connectivity index (χ0) is 25.4. The summed E-state index contributed by atoms with van der Waals surface area (Å²) in [5.41, 5.74) is 3.72. The Morgan fingerprint density at radius 1 is 1.08 bits per heavy atom. The van der Waals surface area contributed by atoms with Gasteiger partial charge in [0.25, 0.3) is 5.91 Å². The smallest absolute Gasteiger partial charge is 0.337 e. The van der Waals surface area contributed by atoms with Crippen LogP contribution in [-0.4, -0.2) is 53.7 Å². The molecule has 4 aromatic rings. The van der Waals surface area contributed by atoms with Crippen molar-refractivity contribution in [3.8, 4) is 11.3 Å². The second-order valence-corrected chi connectivity index (χ2v) is 11.0. The fraction of sp³-hybridized carbons (Fsp3) is 0.231. The number of hydrogen-bond donors (Lipinski definition) is 1. The number of carbonyl (C=O) groups excluding carboxylic acids is 2. The molecule has 1 aliphatic rings. The molecular formula is C26H24N4O5S. The lowest BCUT2D eigenvalue weighted by Crippen LogP contribution is -2.15. The number of anilines is 1. The van der Waals surface area contributed by atoms with Gasteiger partial charge in [-0.25, -0.2) is 22.9 Å². The minimum Gasteiger partial charge on any atom is -0.465 e. The molecule has 2 aromatic carbocycles. The lowest BCUT2D eigenvalue weighted by atomic mass is 10.0. The van der Waals surface area contributed by atoms with Gasteiger partial charge in [0.1, 0.15) is 0 Å². The summed E-state index contributed by atoms with van der Waals surface area (Å²) in [7, 11) is -1.84. The average molecular weight is 505 g/mol. The van der Waals surface area contributed by atoms with Crippen molar-refractivity contribution in [1.29, 1.82) is 0 Å². The van der Waals surface area contributed by atoms with Crippen molar-refractivity contribution in [3.63, 3.8) is 0 Å². The molecule has 1 N–H and O–H groups in total. The van der Waals surface area contributed by atoms with Crippen LogP contribution < -0.4 is 5.32 Å². The van der Waals surface area contributed by atoms with Crippen LogP contribution >= 0.6 is 0 Å². The zero-order valence-electron chi connectivity index (χ0n) is 19.8. The Morgan fingerprint density at radius 2 is 1.81 bits per heavy atom. The number of amides is 1. The highest BCUT2D eigenvalue weighted by Gasteiger charge is 2.32. The van der Waals surface area contributed by atoms with Gasteiger partial charge in [0.05, 0.1) is 52.6 Å². The van der Waals surface area contributed by atoms with E-state index in [9.17, 15) is 18.0 Å². The van der Waals surface area contributed by atoms with E-state index in [1.807, 2.05) is 30.3 Å². The number of benzene rings is 2. The molecule has 2 aromatic heterocycles. The van der Waals surface area contributed by atoms with Crippen molar-refractivity contribution in [2.75, 3.05) is 23.9 Å². The molecule has 1 aliphatic heterocycles. The minimum atomic E-state index is -3.14. The first-order valence-electron chi connectivity index (χ1n) is 11.4. The quantitative estimate of drug-likeness (QED) is 0.410. The number of fused-ring (bicyclic) bond motifs is 1. The zero-order valence-corrected chi connectivity index (χ0v) is 20.6. The third kappa shape index (κ3) is 4.47. The third-order valence-corrected chi connectivity index (χ3v) is 8.02. The molecule has 9 nitrogen and oxygen atoms in total. The number of esters is 1. The lowest BCUT2D eigenvalue weighted by molar-refractivity contribution is 0.0600. The molecule has 1 unspecified atom stereocenters. The molecule has 1 saturated heterocycles. The maximum absolute atomic E-state index is 13.5. The Balaban J connectivity index is 1.60. The van der Waals surface area contributed by atoms with E-state index in [0.717, 1.165) is 5.56 Å². The summed E-state index contributed by atoms with van der Waals surface area (Å²) in [5, 5.41) is 8.07. The largest absolute Gasteiger partial charge is 0.465 e. The van der Waals surface area contributed by atoms with Gasteiger partial charge in [-0.3, -0.25) is 4.79 Å². The van der Waals surface area contributed by atoms with E-state index >= 15 is 0 Å².